The molecule has 0 unspecified atom stereocenters. The predicted octanol–water partition coefficient (Wildman–Crippen LogP) is 5.04. The molecule has 0 aliphatic heterocycles. The molecule has 2 heterocycles. The monoisotopic (exact) mass is 432 g/mol. The number of carbonyl (C=O) groups is 1. The van der Waals surface area contributed by atoms with E-state index < -0.39 is 0 Å². The maximum absolute atomic E-state index is 12.4. The topological polar surface area (TPSA) is 90.1 Å². The number of benzene rings is 2. The summed E-state index contributed by atoms with van der Waals surface area (Å²) in [5.41, 5.74) is 3.10. The summed E-state index contributed by atoms with van der Waals surface area (Å²) in [5.74, 6) is 1.38. The lowest BCUT2D eigenvalue weighted by atomic mass is 10.1. The Morgan fingerprint density at radius 3 is 2.65 bits per heavy atom. The average Bonchev–Trinajstić information content (AvgIpc) is 3.40. The lowest BCUT2D eigenvalue weighted by Crippen LogP contribution is -2.08. The number of ether oxygens (including phenoxy) is 1. The second-order valence-corrected chi connectivity index (χ2v) is 7.78. The van der Waals surface area contributed by atoms with Gasteiger partial charge in [0.15, 0.2) is 0 Å². The van der Waals surface area contributed by atoms with E-state index in [1.54, 1.807) is 30.4 Å². The number of hydrogen-bond donors (Lipinski definition) is 1. The second kappa shape index (κ2) is 9.36. The molecule has 156 valence electrons. The van der Waals surface area contributed by atoms with Crippen LogP contribution in [0.3, 0.4) is 0 Å². The van der Waals surface area contributed by atoms with Gasteiger partial charge in [-0.1, -0.05) is 29.4 Å². The minimum atomic E-state index is -0.258. The summed E-state index contributed by atoms with van der Waals surface area (Å²) in [5, 5.41) is 9.79. The molecule has 1 amide bonds. The molecule has 0 atom stereocenters. The molecule has 2 aromatic heterocycles. The number of anilines is 1. The van der Waals surface area contributed by atoms with Crippen LogP contribution in [0.25, 0.3) is 17.5 Å². The summed E-state index contributed by atoms with van der Waals surface area (Å²) in [7, 11) is 0. The molecule has 2 aromatic carbocycles. The Labute approximate surface area is 183 Å². The zero-order valence-electron chi connectivity index (χ0n) is 17.0. The SMILES string of the molecule is Cc1nc(-c2ccccc2NC(=O)/C=C/c2ccc(OCc3csc(C)n3)cc2)no1. The van der Waals surface area contributed by atoms with Crippen molar-refractivity contribution in [2.75, 3.05) is 5.32 Å². The summed E-state index contributed by atoms with van der Waals surface area (Å²) in [6.45, 7) is 4.12. The molecule has 0 bridgehead atoms. The smallest absolute Gasteiger partial charge is 0.248 e. The van der Waals surface area contributed by atoms with Crippen LogP contribution in [0.4, 0.5) is 5.69 Å². The van der Waals surface area contributed by atoms with Crippen LogP contribution in [0.5, 0.6) is 5.75 Å². The van der Waals surface area contributed by atoms with Crippen LogP contribution in [0.1, 0.15) is 22.2 Å². The van der Waals surface area contributed by atoms with E-state index in [2.05, 4.69) is 20.4 Å². The Morgan fingerprint density at radius 1 is 1.13 bits per heavy atom. The molecule has 0 spiro atoms. The number of amides is 1. The number of rotatable bonds is 7. The van der Waals surface area contributed by atoms with Gasteiger partial charge in [0.1, 0.15) is 12.4 Å². The Hall–Kier alpha value is -3.78. The van der Waals surface area contributed by atoms with E-state index in [-0.39, 0.29) is 5.91 Å². The highest BCUT2D eigenvalue weighted by atomic mass is 32.1. The van der Waals surface area contributed by atoms with Crippen molar-refractivity contribution in [2.24, 2.45) is 0 Å². The van der Waals surface area contributed by atoms with Crippen LogP contribution in [-0.2, 0) is 11.4 Å². The van der Waals surface area contributed by atoms with Gasteiger partial charge in [-0.2, -0.15) is 4.98 Å². The molecule has 0 saturated heterocycles. The Morgan fingerprint density at radius 2 is 1.94 bits per heavy atom. The quantitative estimate of drug-likeness (QED) is 0.412. The summed E-state index contributed by atoms with van der Waals surface area (Å²) in [6.07, 6.45) is 3.22. The molecular weight excluding hydrogens is 412 g/mol. The number of nitrogens with zero attached hydrogens (tertiary/aromatic N) is 3. The third-order valence-corrected chi connectivity index (χ3v) is 5.14. The summed E-state index contributed by atoms with van der Waals surface area (Å²) >= 11 is 1.60. The minimum Gasteiger partial charge on any atom is -0.487 e. The van der Waals surface area contributed by atoms with Gasteiger partial charge in [0.25, 0.3) is 0 Å². The van der Waals surface area contributed by atoms with E-state index in [0.29, 0.717) is 29.6 Å². The molecule has 0 radical (unpaired) electrons. The first-order valence-corrected chi connectivity index (χ1v) is 10.5. The lowest BCUT2D eigenvalue weighted by Gasteiger charge is -2.06. The third-order valence-electron chi connectivity index (χ3n) is 4.31. The van der Waals surface area contributed by atoms with Gasteiger partial charge in [-0.25, -0.2) is 4.98 Å². The number of thiazole rings is 1. The van der Waals surface area contributed by atoms with Crippen molar-refractivity contribution in [3.05, 3.63) is 82.1 Å². The van der Waals surface area contributed by atoms with Crippen molar-refractivity contribution in [1.29, 1.82) is 0 Å². The zero-order chi connectivity index (χ0) is 21.6. The minimum absolute atomic E-state index is 0.258. The Balaban J connectivity index is 1.36. The Kier molecular flexibility index (Phi) is 6.18. The van der Waals surface area contributed by atoms with Crippen molar-refractivity contribution < 1.29 is 14.1 Å². The average molecular weight is 433 g/mol. The third kappa shape index (κ3) is 5.43. The van der Waals surface area contributed by atoms with Crippen LogP contribution in [0.15, 0.2) is 64.5 Å². The number of nitrogens with one attached hydrogen (secondary N) is 1. The molecule has 0 aliphatic carbocycles. The van der Waals surface area contributed by atoms with E-state index in [1.165, 1.54) is 6.08 Å². The standard InChI is InChI=1S/C23H20N4O3S/c1-15-24-23(27-30-15)20-5-3-4-6-21(20)26-22(28)12-9-17-7-10-19(11-8-17)29-13-18-14-31-16(2)25-18/h3-12,14H,13H2,1-2H3,(H,26,28)/b12-9+. The van der Waals surface area contributed by atoms with Crippen molar-refractivity contribution in [1.82, 2.24) is 15.1 Å². The van der Waals surface area contributed by atoms with Gasteiger partial charge in [-0.05, 0) is 42.8 Å². The molecule has 0 aliphatic rings. The molecule has 7 nitrogen and oxygen atoms in total. The van der Waals surface area contributed by atoms with Gasteiger partial charge >= 0.3 is 0 Å². The van der Waals surface area contributed by atoms with Gasteiger partial charge in [0.2, 0.25) is 17.6 Å². The van der Waals surface area contributed by atoms with Crippen LogP contribution in [0.2, 0.25) is 0 Å². The number of para-hydroxylation sites is 1. The lowest BCUT2D eigenvalue weighted by molar-refractivity contribution is -0.111. The van der Waals surface area contributed by atoms with E-state index in [9.17, 15) is 4.79 Å². The molecule has 1 N–H and O–H groups in total. The summed E-state index contributed by atoms with van der Waals surface area (Å²) in [6, 6.07) is 14.8. The summed E-state index contributed by atoms with van der Waals surface area (Å²) in [4.78, 5) is 21.0. The van der Waals surface area contributed by atoms with Crippen LogP contribution >= 0.6 is 11.3 Å². The number of aromatic nitrogens is 3. The van der Waals surface area contributed by atoms with Crippen LogP contribution in [-0.4, -0.2) is 21.0 Å². The molecule has 4 aromatic rings. The number of hydrogen-bond acceptors (Lipinski definition) is 7. The summed E-state index contributed by atoms with van der Waals surface area (Å²) < 4.78 is 10.8. The van der Waals surface area contributed by atoms with E-state index in [1.807, 2.05) is 54.8 Å². The van der Waals surface area contributed by atoms with E-state index in [0.717, 1.165) is 22.0 Å². The molecule has 4 rings (SSSR count). The van der Waals surface area contributed by atoms with Gasteiger partial charge in [-0.15, -0.1) is 11.3 Å². The fourth-order valence-electron chi connectivity index (χ4n) is 2.85. The van der Waals surface area contributed by atoms with Crippen molar-refractivity contribution in [3.63, 3.8) is 0 Å². The molecule has 31 heavy (non-hydrogen) atoms. The highest BCUT2D eigenvalue weighted by Crippen LogP contribution is 2.25. The molecule has 0 fully saturated rings. The largest absolute Gasteiger partial charge is 0.487 e. The molecular formula is C23H20N4O3S. The van der Waals surface area contributed by atoms with Gasteiger partial charge in [0, 0.05) is 23.9 Å². The first-order valence-electron chi connectivity index (χ1n) is 9.59. The fraction of sp³-hybridized carbons (Fsp3) is 0.130. The van der Waals surface area contributed by atoms with Crippen LogP contribution < -0.4 is 10.1 Å². The van der Waals surface area contributed by atoms with Gasteiger partial charge in [-0.3, -0.25) is 4.79 Å². The highest BCUT2D eigenvalue weighted by Gasteiger charge is 2.11. The normalized spacial score (nSPS) is 11.0. The fourth-order valence-corrected chi connectivity index (χ4v) is 3.45. The first kappa shape index (κ1) is 20.5. The predicted molar refractivity (Wildman–Crippen MR) is 120 cm³/mol. The first-order chi connectivity index (χ1) is 15.1. The van der Waals surface area contributed by atoms with Crippen LogP contribution in [0, 0.1) is 13.8 Å². The highest BCUT2D eigenvalue weighted by molar-refractivity contribution is 7.09. The van der Waals surface area contributed by atoms with Crippen molar-refractivity contribution >= 4 is 29.0 Å². The van der Waals surface area contributed by atoms with E-state index in [4.69, 9.17) is 9.26 Å². The zero-order valence-corrected chi connectivity index (χ0v) is 17.8. The van der Waals surface area contributed by atoms with E-state index >= 15 is 0 Å². The van der Waals surface area contributed by atoms with Crippen molar-refractivity contribution in [2.45, 2.75) is 20.5 Å². The number of aryl methyl sites for hydroxylation is 2. The molecule has 0 saturated carbocycles. The van der Waals surface area contributed by atoms with Gasteiger partial charge < -0.3 is 14.6 Å². The van der Waals surface area contributed by atoms with Crippen molar-refractivity contribution in [3.8, 4) is 17.1 Å². The maximum atomic E-state index is 12.4. The second-order valence-electron chi connectivity index (χ2n) is 6.72. The molecule has 8 heteroatoms. The van der Waals surface area contributed by atoms with Gasteiger partial charge in [0.05, 0.1) is 16.4 Å². The number of carbonyl (C=O) groups excluding carboxylic acids is 1. The maximum Gasteiger partial charge on any atom is 0.248 e. The Bertz CT molecular complexity index is 1210.